The van der Waals surface area contributed by atoms with Gasteiger partial charge in [0.05, 0.1) is 30.6 Å². The van der Waals surface area contributed by atoms with Crippen LogP contribution in [-0.2, 0) is 54.1 Å². The number of carbonyl (C=O) groups is 7. The van der Waals surface area contributed by atoms with E-state index in [-0.39, 0.29) is 66.0 Å². The average molecular weight is 1030 g/mol. The van der Waals surface area contributed by atoms with Gasteiger partial charge in [-0.25, -0.2) is 9.59 Å². The van der Waals surface area contributed by atoms with E-state index in [0.717, 1.165) is 49.7 Å². The fourth-order valence-electron chi connectivity index (χ4n) is 10.6. The van der Waals surface area contributed by atoms with E-state index in [1.54, 1.807) is 45.2 Å². The van der Waals surface area contributed by atoms with Crippen molar-refractivity contribution in [3.05, 3.63) is 46.5 Å². The minimum absolute atomic E-state index is 0.0297. The summed E-state index contributed by atoms with van der Waals surface area (Å²) in [6.45, 7) is 11.3. The molecule has 0 radical (unpaired) electrons. The number of hydrogen-bond donors (Lipinski definition) is 2. The van der Waals surface area contributed by atoms with Gasteiger partial charge < -0.3 is 38.6 Å². The molecule has 4 aliphatic heterocycles. The smallest absolute Gasteiger partial charge is 0.409 e. The number of alkyl carbamates (subject to hydrolysis) is 1. The first-order chi connectivity index (χ1) is 33.6. The van der Waals surface area contributed by atoms with Gasteiger partial charge in [0.1, 0.15) is 46.5 Å². The van der Waals surface area contributed by atoms with Gasteiger partial charge in [0, 0.05) is 70.5 Å². The number of halogens is 1. The zero-order valence-corrected chi connectivity index (χ0v) is 44.4. The summed E-state index contributed by atoms with van der Waals surface area (Å²) in [7, 11) is 5.92. The Morgan fingerprint density at radius 2 is 1.75 bits per heavy atom. The van der Waals surface area contributed by atoms with Crippen LogP contribution >= 0.6 is 23.4 Å². The number of anilines is 1. The standard InChI is InChI=1S/C52H73ClN4O13S/c1-11-34(12-2)46(61)35-18-16-32(17-19-35)28-57-44(60)25-39(48(57)62)71-21-20-42(58)55(7)31(5)49(63)69-41-26-43(59)56(8)36-23-33(24-37(66-9)45(36)53)22-29(3)14-13-15-40(67-10)52(65)27-38(68-50(64)54-52)30(4)47-51(41,6)70-47/h13-15,23-24,30-32,34-35,38-41,47,65H,11-12,16-22,25-28H2,1-10H3,(H,54,64)/b15-13+,29-14+/t30-,31+,32?,35?,38?,39?,40-,41+,47?,51+,52+/m1/s1. The van der Waals surface area contributed by atoms with Gasteiger partial charge in [0.25, 0.3) is 0 Å². The summed E-state index contributed by atoms with van der Waals surface area (Å²) in [6.07, 6.45) is 5.31. The van der Waals surface area contributed by atoms with Gasteiger partial charge >= 0.3 is 12.1 Å². The summed E-state index contributed by atoms with van der Waals surface area (Å²) >= 11 is 8.06. The monoisotopic (exact) mass is 1030 g/mol. The number of nitrogens with zero attached hydrogens (tertiary/aromatic N) is 3. The van der Waals surface area contributed by atoms with Crippen LogP contribution in [0.15, 0.2) is 35.9 Å². The highest BCUT2D eigenvalue weighted by Crippen LogP contribution is 2.49. The van der Waals surface area contributed by atoms with Crippen LogP contribution in [0.2, 0.25) is 5.02 Å². The molecule has 1 aromatic carbocycles. The number of epoxide rings is 1. The number of imide groups is 1. The summed E-state index contributed by atoms with van der Waals surface area (Å²) in [6, 6.07) is 2.43. The van der Waals surface area contributed by atoms with Crippen molar-refractivity contribution in [3.8, 4) is 5.75 Å². The molecule has 19 heteroatoms. The maximum Gasteiger partial charge on any atom is 0.409 e. The first-order valence-electron chi connectivity index (χ1n) is 24.9. The molecule has 6 rings (SSSR count). The molecule has 3 saturated heterocycles. The number of Topliss-reactive ketones (excluding diaryl/α,β-unsaturated/α-hetero) is 1. The lowest BCUT2D eigenvalue weighted by atomic mass is 9.76. The van der Waals surface area contributed by atoms with Crippen molar-refractivity contribution in [2.24, 2.45) is 23.7 Å². The Hall–Kier alpha value is -4.49. The number of amides is 5. The van der Waals surface area contributed by atoms with E-state index in [1.807, 2.05) is 26.8 Å². The Labute approximate surface area is 427 Å². The SMILES string of the molecule is CCC(CC)C(=O)C1CCC(CN2C(=O)CC(SCCC(=O)N(C)[C@@H](C)C(=O)O[C@H]3CC(=O)N(C)c4cc(cc(OC)c4Cl)C/C(C)=C/C=C/[C@@H](OC)[C@@]4(O)CC(OC(=O)N4)[C@@H](C)C4O[C@]43C)C2=O)CC1. The predicted molar refractivity (Wildman–Crippen MR) is 268 cm³/mol. The van der Waals surface area contributed by atoms with Crippen LogP contribution in [0.5, 0.6) is 5.75 Å². The van der Waals surface area contributed by atoms with Crippen molar-refractivity contribution >= 4 is 70.5 Å². The minimum atomic E-state index is -1.87. The van der Waals surface area contributed by atoms with Crippen LogP contribution in [0.4, 0.5) is 10.5 Å². The van der Waals surface area contributed by atoms with Crippen LogP contribution < -0.4 is 15.0 Å². The number of fused-ring (bicyclic) bond motifs is 5. The predicted octanol–water partition coefficient (Wildman–Crippen LogP) is 6.58. The molecule has 5 amide bonds. The molecular weight excluding hydrogens is 956 g/mol. The van der Waals surface area contributed by atoms with Crippen molar-refractivity contribution in [1.29, 1.82) is 0 Å². The largest absolute Gasteiger partial charge is 0.495 e. The number of likely N-dealkylation sites (tertiary alicyclic amines) is 1. The number of carbonyl (C=O) groups excluding carboxylic acids is 7. The second-order valence-electron chi connectivity index (χ2n) is 20.2. The second kappa shape index (κ2) is 23.6. The van der Waals surface area contributed by atoms with E-state index in [4.69, 9.17) is 35.3 Å². The van der Waals surface area contributed by atoms with E-state index in [1.165, 1.54) is 54.7 Å². The highest BCUT2D eigenvalue weighted by Gasteiger charge is 2.64. The first-order valence-corrected chi connectivity index (χ1v) is 26.4. The Morgan fingerprint density at radius 3 is 2.39 bits per heavy atom. The molecule has 4 heterocycles. The zero-order chi connectivity index (χ0) is 52.1. The maximum absolute atomic E-state index is 14.4. The van der Waals surface area contributed by atoms with Crippen LogP contribution in [0, 0.1) is 23.7 Å². The first kappa shape index (κ1) is 55.8. The molecule has 1 saturated carbocycles. The summed E-state index contributed by atoms with van der Waals surface area (Å²) in [5, 5.41) is 13.9. The number of rotatable bonds is 15. The molecule has 3 unspecified atom stereocenters. The molecule has 5 aliphatic rings. The lowest BCUT2D eigenvalue weighted by molar-refractivity contribution is -0.162. The topological polar surface area (TPSA) is 211 Å². The lowest BCUT2D eigenvalue weighted by Crippen LogP contribution is -2.63. The molecule has 9 atom stereocenters. The number of aliphatic hydroxyl groups is 1. The van der Waals surface area contributed by atoms with Crippen LogP contribution in [0.3, 0.4) is 0 Å². The lowest BCUT2D eigenvalue weighted by Gasteiger charge is -2.42. The second-order valence-corrected chi connectivity index (χ2v) is 21.9. The number of benzene rings is 1. The highest BCUT2D eigenvalue weighted by molar-refractivity contribution is 8.00. The third-order valence-corrected chi connectivity index (χ3v) is 17.0. The Kier molecular flexibility index (Phi) is 18.5. The average Bonchev–Trinajstić information content (AvgIpc) is 3.97. The number of methoxy groups -OCH3 is 2. The summed E-state index contributed by atoms with van der Waals surface area (Å²) < 4.78 is 29.5. The molecule has 392 valence electrons. The third kappa shape index (κ3) is 12.7. The number of thioether (sulfide) groups is 1. The molecule has 4 fully saturated rings. The molecule has 0 aromatic heterocycles. The Morgan fingerprint density at radius 1 is 1.06 bits per heavy atom. The number of ketones is 1. The fourth-order valence-corrected chi connectivity index (χ4v) is 12.0. The van der Waals surface area contributed by atoms with Gasteiger partial charge in [0.2, 0.25) is 23.6 Å². The van der Waals surface area contributed by atoms with Gasteiger partial charge in [-0.1, -0.05) is 56.2 Å². The van der Waals surface area contributed by atoms with Crippen molar-refractivity contribution in [3.63, 3.8) is 0 Å². The van der Waals surface area contributed by atoms with Gasteiger partial charge in [-0.05, 0) is 89.3 Å². The zero-order valence-electron chi connectivity index (χ0n) is 42.8. The van der Waals surface area contributed by atoms with E-state index in [9.17, 15) is 38.7 Å². The van der Waals surface area contributed by atoms with Gasteiger partial charge in [-0.2, -0.15) is 0 Å². The molecule has 1 aliphatic carbocycles. The van der Waals surface area contributed by atoms with Crippen LogP contribution in [0.1, 0.15) is 111 Å². The molecule has 4 bridgehead atoms. The molecular formula is C52H73ClN4O13S. The quantitative estimate of drug-likeness (QED) is 0.108. The van der Waals surface area contributed by atoms with E-state index < -0.39 is 76.8 Å². The van der Waals surface area contributed by atoms with E-state index >= 15 is 0 Å². The fraction of sp³-hybridized carbons (Fsp3) is 0.673. The summed E-state index contributed by atoms with van der Waals surface area (Å²) in [5.41, 5.74) is -1.13. The van der Waals surface area contributed by atoms with Crippen molar-refractivity contribution in [2.45, 2.75) is 159 Å². The van der Waals surface area contributed by atoms with Gasteiger partial charge in [0.15, 0.2) is 5.72 Å². The molecule has 71 heavy (non-hydrogen) atoms. The van der Waals surface area contributed by atoms with Crippen molar-refractivity contribution in [2.75, 3.05) is 45.5 Å². The number of ether oxygens (including phenoxy) is 5. The van der Waals surface area contributed by atoms with E-state index in [2.05, 4.69) is 5.32 Å². The summed E-state index contributed by atoms with van der Waals surface area (Å²) in [4.78, 5) is 98.5. The van der Waals surface area contributed by atoms with E-state index in [0.29, 0.717) is 30.2 Å². The maximum atomic E-state index is 14.4. The number of likely N-dealkylation sites (N-methyl/N-ethyl adjacent to an activating group) is 1. The highest BCUT2D eigenvalue weighted by atomic mass is 35.5. The molecule has 17 nitrogen and oxygen atoms in total. The van der Waals surface area contributed by atoms with Gasteiger partial charge in [-0.3, -0.25) is 34.2 Å². The Bertz CT molecular complexity index is 2250. The van der Waals surface area contributed by atoms with Gasteiger partial charge in [-0.15, -0.1) is 11.8 Å². The van der Waals surface area contributed by atoms with Crippen LogP contribution in [0.25, 0.3) is 0 Å². The normalized spacial score (nSPS) is 32.0. The number of esters is 1. The van der Waals surface area contributed by atoms with Crippen LogP contribution in [-0.4, -0.2) is 144 Å². The number of allylic oxidation sites excluding steroid dienone is 3. The Balaban J connectivity index is 1.13. The number of nitrogens with one attached hydrogen (secondary N) is 1. The number of hydrogen-bond acceptors (Lipinski definition) is 14. The third-order valence-electron chi connectivity index (χ3n) is 15.4. The van der Waals surface area contributed by atoms with Crippen molar-refractivity contribution in [1.82, 2.24) is 15.1 Å². The molecule has 0 spiro atoms. The van der Waals surface area contributed by atoms with Crippen molar-refractivity contribution < 1.29 is 62.4 Å². The molecule has 1 aromatic rings. The summed E-state index contributed by atoms with van der Waals surface area (Å²) in [5.74, 6) is -1.59. The minimum Gasteiger partial charge on any atom is -0.495 e. The molecule has 2 N–H and O–H groups in total.